The standard InChI is InChI=1S/C14H23N3O/c1-10-13(6-7-15-3)11(2)17-14(16-10)12-5-4-8-18-9-12/h12,15H,4-9H2,1-3H3. The van der Waals surface area contributed by atoms with E-state index in [1.165, 1.54) is 5.56 Å². The molecule has 1 aliphatic heterocycles. The number of rotatable bonds is 4. The summed E-state index contributed by atoms with van der Waals surface area (Å²) in [5.41, 5.74) is 3.53. The summed E-state index contributed by atoms with van der Waals surface area (Å²) in [6, 6.07) is 0. The van der Waals surface area contributed by atoms with E-state index < -0.39 is 0 Å². The largest absolute Gasteiger partial charge is 0.381 e. The van der Waals surface area contributed by atoms with Gasteiger partial charge in [-0.2, -0.15) is 0 Å². The molecular formula is C14H23N3O. The summed E-state index contributed by atoms with van der Waals surface area (Å²) in [6.45, 7) is 6.81. The Balaban J connectivity index is 2.18. The molecular weight excluding hydrogens is 226 g/mol. The minimum atomic E-state index is 0.384. The number of likely N-dealkylation sites (N-methyl/N-ethyl adjacent to an activating group) is 1. The highest BCUT2D eigenvalue weighted by Crippen LogP contribution is 2.24. The summed E-state index contributed by atoms with van der Waals surface area (Å²) in [5, 5.41) is 3.17. The number of aromatic nitrogens is 2. The van der Waals surface area contributed by atoms with Crippen molar-refractivity contribution in [1.82, 2.24) is 15.3 Å². The molecule has 0 saturated carbocycles. The lowest BCUT2D eigenvalue weighted by Gasteiger charge is -2.22. The van der Waals surface area contributed by atoms with Gasteiger partial charge in [-0.15, -0.1) is 0 Å². The molecule has 1 unspecified atom stereocenters. The Morgan fingerprint density at radius 2 is 2.00 bits per heavy atom. The van der Waals surface area contributed by atoms with Crippen LogP contribution in [0, 0.1) is 13.8 Å². The van der Waals surface area contributed by atoms with Gasteiger partial charge in [0, 0.05) is 23.9 Å². The van der Waals surface area contributed by atoms with Gasteiger partial charge in [-0.3, -0.25) is 0 Å². The topological polar surface area (TPSA) is 47.0 Å². The zero-order valence-corrected chi connectivity index (χ0v) is 11.6. The van der Waals surface area contributed by atoms with Crippen molar-refractivity contribution in [2.45, 2.75) is 39.0 Å². The van der Waals surface area contributed by atoms with Crippen LogP contribution < -0.4 is 5.32 Å². The van der Waals surface area contributed by atoms with Crippen LogP contribution in [0.1, 0.15) is 41.5 Å². The van der Waals surface area contributed by atoms with Gasteiger partial charge in [0.05, 0.1) is 6.61 Å². The van der Waals surface area contributed by atoms with E-state index in [-0.39, 0.29) is 0 Å². The molecule has 0 radical (unpaired) electrons. The van der Waals surface area contributed by atoms with Crippen LogP contribution in [0.5, 0.6) is 0 Å². The molecule has 1 saturated heterocycles. The lowest BCUT2D eigenvalue weighted by Crippen LogP contribution is -2.20. The van der Waals surface area contributed by atoms with Crippen LogP contribution in [0.15, 0.2) is 0 Å². The minimum Gasteiger partial charge on any atom is -0.381 e. The monoisotopic (exact) mass is 249 g/mol. The third-order valence-electron chi connectivity index (χ3n) is 3.59. The average molecular weight is 249 g/mol. The van der Waals surface area contributed by atoms with Crippen molar-refractivity contribution in [3.63, 3.8) is 0 Å². The van der Waals surface area contributed by atoms with E-state index in [0.29, 0.717) is 5.92 Å². The Morgan fingerprint density at radius 1 is 1.28 bits per heavy atom. The first-order valence-corrected chi connectivity index (χ1v) is 6.78. The van der Waals surface area contributed by atoms with Crippen LogP contribution in [-0.4, -0.2) is 36.8 Å². The average Bonchev–Trinajstić information content (AvgIpc) is 2.39. The molecule has 4 heteroatoms. The molecule has 0 bridgehead atoms. The van der Waals surface area contributed by atoms with Gasteiger partial charge in [-0.25, -0.2) is 9.97 Å². The van der Waals surface area contributed by atoms with Crippen LogP contribution in [-0.2, 0) is 11.2 Å². The van der Waals surface area contributed by atoms with Crippen molar-refractivity contribution in [3.05, 3.63) is 22.8 Å². The second-order valence-corrected chi connectivity index (χ2v) is 5.00. The van der Waals surface area contributed by atoms with E-state index in [1.807, 2.05) is 7.05 Å². The SMILES string of the molecule is CNCCc1c(C)nc(C2CCCOC2)nc1C. The van der Waals surface area contributed by atoms with Crippen molar-refractivity contribution in [2.75, 3.05) is 26.8 Å². The van der Waals surface area contributed by atoms with Gasteiger partial charge in [-0.1, -0.05) is 0 Å². The smallest absolute Gasteiger partial charge is 0.134 e. The fourth-order valence-corrected chi connectivity index (χ4v) is 2.50. The van der Waals surface area contributed by atoms with Gasteiger partial charge in [0.1, 0.15) is 5.82 Å². The summed E-state index contributed by atoms with van der Waals surface area (Å²) in [7, 11) is 1.97. The third-order valence-corrected chi connectivity index (χ3v) is 3.59. The van der Waals surface area contributed by atoms with Gasteiger partial charge < -0.3 is 10.1 Å². The normalized spacial score (nSPS) is 20.1. The number of hydrogen-bond donors (Lipinski definition) is 1. The zero-order valence-electron chi connectivity index (χ0n) is 11.6. The Hall–Kier alpha value is -1.00. The van der Waals surface area contributed by atoms with Crippen molar-refractivity contribution in [2.24, 2.45) is 0 Å². The third kappa shape index (κ3) is 3.06. The molecule has 0 aromatic carbocycles. The van der Waals surface area contributed by atoms with Gasteiger partial charge in [0.2, 0.25) is 0 Å². The molecule has 1 aromatic rings. The van der Waals surface area contributed by atoms with E-state index in [4.69, 9.17) is 14.7 Å². The second-order valence-electron chi connectivity index (χ2n) is 5.00. The second kappa shape index (κ2) is 6.25. The van der Waals surface area contributed by atoms with E-state index >= 15 is 0 Å². The molecule has 18 heavy (non-hydrogen) atoms. The molecule has 2 rings (SSSR count). The van der Waals surface area contributed by atoms with Crippen LogP contribution in [0.4, 0.5) is 0 Å². The lowest BCUT2D eigenvalue weighted by atomic mass is 10.0. The van der Waals surface area contributed by atoms with E-state index in [1.54, 1.807) is 0 Å². The lowest BCUT2D eigenvalue weighted by molar-refractivity contribution is 0.0779. The van der Waals surface area contributed by atoms with Crippen molar-refractivity contribution < 1.29 is 4.74 Å². The van der Waals surface area contributed by atoms with Gasteiger partial charge in [-0.05, 0) is 52.3 Å². The maximum atomic E-state index is 5.52. The first kappa shape index (κ1) is 13.4. The molecule has 1 atom stereocenters. The predicted molar refractivity (Wildman–Crippen MR) is 71.9 cm³/mol. The highest BCUT2D eigenvalue weighted by molar-refractivity contribution is 5.25. The molecule has 1 N–H and O–H groups in total. The number of aryl methyl sites for hydroxylation is 2. The van der Waals surface area contributed by atoms with Gasteiger partial charge in [0.25, 0.3) is 0 Å². The Labute approximate surface area is 109 Å². The first-order valence-electron chi connectivity index (χ1n) is 6.78. The zero-order chi connectivity index (χ0) is 13.0. The Morgan fingerprint density at radius 3 is 2.56 bits per heavy atom. The molecule has 0 spiro atoms. The maximum absolute atomic E-state index is 5.52. The summed E-state index contributed by atoms with van der Waals surface area (Å²) in [4.78, 5) is 9.38. The highest BCUT2D eigenvalue weighted by Gasteiger charge is 2.20. The van der Waals surface area contributed by atoms with E-state index in [2.05, 4.69) is 19.2 Å². The summed E-state index contributed by atoms with van der Waals surface area (Å²) >= 11 is 0. The number of ether oxygens (including phenoxy) is 1. The molecule has 0 aliphatic carbocycles. The molecule has 4 nitrogen and oxygen atoms in total. The fourth-order valence-electron chi connectivity index (χ4n) is 2.50. The minimum absolute atomic E-state index is 0.384. The highest BCUT2D eigenvalue weighted by atomic mass is 16.5. The van der Waals surface area contributed by atoms with Gasteiger partial charge in [0.15, 0.2) is 0 Å². The number of hydrogen-bond acceptors (Lipinski definition) is 4. The van der Waals surface area contributed by atoms with Crippen molar-refractivity contribution >= 4 is 0 Å². The molecule has 1 fully saturated rings. The predicted octanol–water partition coefficient (Wildman–Crippen LogP) is 1.75. The summed E-state index contributed by atoms with van der Waals surface area (Å²) < 4.78 is 5.52. The molecule has 1 aliphatic rings. The van der Waals surface area contributed by atoms with Crippen molar-refractivity contribution in [1.29, 1.82) is 0 Å². The quantitative estimate of drug-likeness (QED) is 0.883. The Kier molecular flexibility index (Phi) is 4.66. The van der Waals surface area contributed by atoms with Crippen LogP contribution >= 0.6 is 0 Å². The van der Waals surface area contributed by atoms with E-state index in [0.717, 1.165) is 56.2 Å². The Bertz CT molecular complexity index is 377. The summed E-state index contributed by atoms with van der Waals surface area (Å²) in [6.07, 6.45) is 3.26. The molecule has 100 valence electrons. The number of nitrogens with zero attached hydrogens (tertiary/aromatic N) is 2. The van der Waals surface area contributed by atoms with Gasteiger partial charge >= 0.3 is 0 Å². The van der Waals surface area contributed by atoms with E-state index in [9.17, 15) is 0 Å². The van der Waals surface area contributed by atoms with Crippen LogP contribution in [0.25, 0.3) is 0 Å². The maximum Gasteiger partial charge on any atom is 0.134 e. The van der Waals surface area contributed by atoms with Crippen LogP contribution in [0.3, 0.4) is 0 Å². The number of nitrogens with one attached hydrogen (secondary N) is 1. The summed E-state index contributed by atoms with van der Waals surface area (Å²) in [5.74, 6) is 1.35. The first-order chi connectivity index (χ1) is 8.72. The van der Waals surface area contributed by atoms with Crippen LogP contribution in [0.2, 0.25) is 0 Å². The molecule has 2 heterocycles. The molecule has 1 aromatic heterocycles. The molecule has 0 amide bonds. The fraction of sp³-hybridized carbons (Fsp3) is 0.714. The van der Waals surface area contributed by atoms with Crippen molar-refractivity contribution in [3.8, 4) is 0 Å².